The van der Waals surface area contributed by atoms with Crippen LogP contribution in [0, 0.1) is 23.2 Å². The van der Waals surface area contributed by atoms with Crippen molar-refractivity contribution in [2.75, 3.05) is 13.2 Å². The zero-order valence-electron chi connectivity index (χ0n) is 16.9. The van der Waals surface area contributed by atoms with E-state index in [0.717, 1.165) is 38.5 Å². The maximum atomic E-state index is 13.1. The molecule has 0 radical (unpaired) electrons. The number of fused-ring (bicyclic) bond motifs is 1. The van der Waals surface area contributed by atoms with Crippen molar-refractivity contribution in [2.45, 2.75) is 90.3 Å². The Morgan fingerprint density at radius 1 is 1.15 bits per heavy atom. The van der Waals surface area contributed by atoms with Crippen LogP contribution in [0.2, 0.25) is 0 Å². The standard InChI is InChI=1S/C21H37NO4/c1-14-11-15-13-17-16(7-5-9-23)21(15,8-6-10-24)18(12-14)22(17)19(25)26-20(2,3)4/h14-18,23-24H,5-13H2,1-4H3/t14-,15+,16-,17+,18+,21+/m1/s1. The lowest BCUT2D eigenvalue weighted by molar-refractivity contribution is -0.0478. The second-order valence-corrected chi connectivity index (χ2v) is 9.89. The van der Waals surface area contributed by atoms with E-state index in [0.29, 0.717) is 17.8 Å². The van der Waals surface area contributed by atoms with Gasteiger partial charge in [-0.05, 0) is 88.9 Å². The number of nitrogens with zero attached hydrogens (tertiary/aromatic N) is 1. The lowest BCUT2D eigenvalue weighted by Crippen LogP contribution is -2.56. The minimum atomic E-state index is -0.489. The van der Waals surface area contributed by atoms with Gasteiger partial charge in [-0.2, -0.15) is 0 Å². The molecule has 26 heavy (non-hydrogen) atoms. The van der Waals surface area contributed by atoms with Gasteiger partial charge in [0.15, 0.2) is 0 Å². The molecule has 1 aliphatic heterocycles. The van der Waals surface area contributed by atoms with Crippen molar-refractivity contribution in [3.05, 3.63) is 0 Å². The molecule has 1 saturated heterocycles. The summed E-state index contributed by atoms with van der Waals surface area (Å²) in [7, 11) is 0. The molecule has 5 nitrogen and oxygen atoms in total. The highest BCUT2D eigenvalue weighted by Crippen LogP contribution is 2.68. The van der Waals surface area contributed by atoms with E-state index in [4.69, 9.17) is 4.74 Å². The Kier molecular flexibility index (Phi) is 5.60. The second kappa shape index (κ2) is 7.31. The van der Waals surface area contributed by atoms with Crippen molar-refractivity contribution in [3.8, 4) is 0 Å². The topological polar surface area (TPSA) is 70.0 Å². The summed E-state index contributed by atoms with van der Waals surface area (Å²) >= 11 is 0. The van der Waals surface area contributed by atoms with E-state index < -0.39 is 5.60 Å². The van der Waals surface area contributed by atoms with E-state index in [1.807, 2.05) is 20.8 Å². The minimum Gasteiger partial charge on any atom is -0.444 e. The summed E-state index contributed by atoms with van der Waals surface area (Å²) in [6, 6.07) is 0.456. The Morgan fingerprint density at radius 3 is 2.46 bits per heavy atom. The van der Waals surface area contributed by atoms with Gasteiger partial charge < -0.3 is 19.8 Å². The molecule has 2 aliphatic carbocycles. The van der Waals surface area contributed by atoms with Gasteiger partial charge in [0.2, 0.25) is 0 Å². The first-order chi connectivity index (χ1) is 12.2. The Labute approximate surface area is 158 Å². The molecular weight excluding hydrogens is 330 g/mol. The molecule has 0 unspecified atom stereocenters. The molecule has 3 fully saturated rings. The smallest absolute Gasteiger partial charge is 0.410 e. The number of carbonyl (C=O) groups is 1. The van der Waals surface area contributed by atoms with Crippen LogP contribution >= 0.6 is 0 Å². The molecular formula is C21H37NO4. The highest BCUT2D eigenvalue weighted by Gasteiger charge is 2.69. The van der Waals surface area contributed by atoms with E-state index in [1.54, 1.807) is 0 Å². The van der Waals surface area contributed by atoms with E-state index in [1.165, 1.54) is 6.42 Å². The molecule has 2 N–H and O–H groups in total. The Hall–Kier alpha value is -0.810. The maximum absolute atomic E-state index is 13.1. The number of rotatable bonds is 6. The predicted octanol–water partition coefficient (Wildman–Crippen LogP) is 3.57. The Morgan fingerprint density at radius 2 is 1.85 bits per heavy atom. The van der Waals surface area contributed by atoms with E-state index in [9.17, 15) is 15.0 Å². The lowest BCUT2D eigenvalue weighted by Gasteiger charge is -2.52. The molecule has 2 saturated carbocycles. The molecule has 150 valence electrons. The predicted molar refractivity (Wildman–Crippen MR) is 101 cm³/mol. The van der Waals surface area contributed by atoms with Crippen LogP contribution in [0.5, 0.6) is 0 Å². The quantitative estimate of drug-likeness (QED) is 0.753. The first-order valence-corrected chi connectivity index (χ1v) is 10.5. The van der Waals surface area contributed by atoms with E-state index in [-0.39, 0.29) is 36.8 Å². The van der Waals surface area contributed by atoms with Crippen LogP contribution < -0.4 is 0 Å². The number of likely N-dealkylation sites (tertiary alicyclic amines) is 1. The van der Waals surface area contributed by atoms with Gasteiger partial charge in [-0.15, -0.1) is 0 Å². The molecule has 0 aromatic heterocycles. The van der Waals surface area contributed by atoms with Gasteiger partial charge >= 0.3 is 6.09 Å². The fraction of sp³-hybridized carbons (Fsp3) is 0.952. The summed E-state index contributed by atoms with van der Waals surface area (Å²) in [6.07, 6.45) is 6.70. The second-order valence-electron chi connectivity index (χ2n) is 9.89. The highest BCUT2D eigenvalue weighted by molar-refractivity contribution is 5.70. The Bertz CT molecular complexity index is 517. The summed E-state index contributed by atoms with van der Waals surface area (Å²) < 4.78 is 5.79. The number of ether oxygens (including phenoxy) is 1. The number of hydrogen-bond donors (Lipinski definition) is 2. The zero-order valence-corrected chi connectivity index (χ0v) is 16.9. The van der Waals surface area contributed by atoms with Gasteiger partial charge in [0, 0.05) is 25.3 Å². The summed E-state index contributed by atoms with van der Waals surface area (Å²) in [5.41, 5.74) is -0.385. The fourth-order valence-electron chi connectivity index (χ4n) is 6.56. The summed E-state index contributed by atoms with van der Waals surface area (Å²) in [5.74, 6) is 1.68. The molecule has 0 aromatic rings. The van der Waals surface area contributed by atoms with Gasteiger partial charge in [-0.3, -0.25) is 0 Å². The van der Waals surface area contributed by atoms with Crippen LogP contribution in [0.1, 0.15) is 72.6 Å². The number of carbonyl (C=O) groups excluding carboxylic acids is 1. The molecule has 5 heteroatoms. The zero-order chi connectivity index (χ0) is 19.1. The molecule has 0 aromatic carbocycles. The lowest BCUT2D eigenvalue weighted by atomic mass is 9.57. The average molecular weight is 368 g/mol. The molecule has 0 spiro atoms. The molecule has 2 bridgehead atoms. The largest absolute Gasteiger partial charge is 0.444 e. The van der Waals surface area contributed by atoms with Crippen molar-refractivity contribution in [1.82, 2.24) is 4.90 Å². The van der Waals surface area contributed by atoms with Crippen molar-refractivity contribution >= 4 is 6.09 Å². The number of amides is 1. The summed E-state index contributed by atoms with van der Waals surface area (Å²) in [6.45, 7) is 8.50. The number of aliphatic hydroxyl groups is 2. The van der Waals surface area contributed by atoms with Crippen molar-refractivity contribution in [1.29, 1.82) is 0 Å². The van der Waals surface area contributed by atoms with Crippen LogP contribution in [-0.2, 0) is 4.74 Å². The van der Waals surface area contributed by atoms with Gasteiger partial charge in [-0.25, -0.2) is 4.79 Å². The van der Waals surface area contributed by atoms with Gasteiger partial charge in [-0.1, -0.05) is 6.92 Å². The molecule has 6 atom stereocenters. The van der Waals surface area contributed by atoms with Crippen LogP contribution in [0.15, 0.2) is 0 Å². The molecule has 3 aliphatic rings. The SMILES string of the molecule is C[C@@H]1C[C@H]2C[C@H]3[C@@H](CCCO)[C@@]2(CCCO)[C@H](C1)N3C(=O)OC(C)(C)C. The first-order valence-electron chi connectivity index (χ1n) is 10.5. The molecule has 3 rings (SSSR count). The highest BCUT2D eigenvalue weighted by atomic mass is 16.6. The third-order valence-electron chi connectivity index (χ3n) is 7.11. The third-order valence-corrected chi connectivity index (χ3v) is 7.11. The van der Waals surface area contributed by atoms with Crippen molar-refractivity contribution in [3.63, 3.8) is 0 Å². The summed E-state index contributed by atoms with van der Waals surface area (Å²) in [4.78, 5) is 15.2. The minimum absolute atomic E-state index is 0.103. The normalized spacial score (nSPS) is 38.7. The first kappa shape index (κ1) is 19.9. The van der Waals surface area contributed by atoms with Crippen LogP contribution in [0.3, 0.4) is 0 Å². The van der Waals surface area contributed by atoms with Gasteiger partial charge in [0.25, 0.3) is 0 Å². The summed E-state index contributed by atoms with van der Waals surface area (Å²) in [5, 5.41) is 18.9. The number of hydrogen-bond acceptors (Lipinski definition) is 4. The third kappa shape index (κ3) is 3.26. The fourth-order valence-corrected chi connectivity index (χ4v) is 6.56. The van der Waals surface area contributed by atoms with E-state index >= 15 is 0 Å². The molecule has 1 heterocycles. The average Bonchev–Trinajstić information content (AvgIpc) is 2.96. The maximum Gasteiger partial charge on any atom is 0.410 e. The number of piperidine rings is 1. The van der Waals surface area contributed by atoms with E-state index in [2.05, 4.69) is 11.8 Å². The van der Waals surface area contributed by atoms with Crippen molar-refractivity contribution < 1.29 is 19.7 Å². The van der Waals surface area contributed by atoms with Crippen LogP contribution in [0.25, 0.3) is 0 Å². The molecule has 1 amide bonds. The number of aliphatic hydroxyl groups excluding tert-OH is 2. The monoisotopic (exact) mass is 367 g/mol. The van der Waals surface area contributed by atoms with Crippen LogP contribution in [-0.4, -0.2) is 52.1 Å². The van der Waals surface area contributed by atoms with Gasteiger partial charge in [0.1, 0.15) is 5.60 Å². The van der Waals surface area contributed by atoms with Crippen molar-refractivity contribution in [2.24, 2.45) is 23.2 Å². The Balaban J connectivity index is 1.94. The van der Waals surface area contributed by atoms with Gasteiger partial charge in [0.05, 0.1) is 0 Å². The van der Waals surface area contributed by atoms with Crippen LogP contribution in [0.4, 0.5) is 4.79 Å².